The lowest BCUT2D eigenvalue weighted by Gasteiger charge is -1.98. The molecule has 1 N–H and O–H groups in total. The Labute approximate surface area is 116 Å². The van der Waals surface area contributed by atoms with Gasteiger partial charge < -0.3 is 9.73 Å². The topological polar surface area (TPSA) is 38.1 Å². The van der Waals surface area contributed by atoms with E-state index in [1.165, 1.54) is 10.1 Å². The molecule has 98 valence electrons. The van der Waals surface area contributed by atoms with E-state index in [1.807, 2.05) is 6.20 Å². The first kappa shape index (κ1) is 12.4. The lowest BCUT2D eigenvalue weighted by Crippen LogP contribution is -2.13. The molecule has 0 fully saturated rings. The number of hydrogen-bond acceptors (Lipinski definition) is 4. The maximum Gasteiger partial charge on any atom is 0.208 e. The number of rotatable bonds is 5. The van der Waals surface area contributed by atoms with E-state index in [4.69, 9.17) is 4.42 Å². The van der Waals surface area contributed by atoms with E-state index in [1.54, 1.807) is 11.3 Å². The molecule has 3 aromatic rings. The smallest absolute Gasteiger partial charge is 0.208 e. The minimum Gasteiger partial charge on any atom is -0.439 e. The van der Waals surface area contributed by atoms with E-state index in [9.17, 15) is 0 Å². The van der Waals surface area contributed by atoms with Gasteiger partial charge in [0.1, 0.15) is 0 Å². The first-order valence-electron chi connectivity index (χ1n) is 6.50. The first-order chi connectivity index (χ1) is 9.38. The third-order valence-electron chi connectivity index (χ3n) is 3.00. The second-order valence-corrected chi connectivity index (χ2v) is 5.35. The van der Waals surface area contributed by atoms with Crippen molar-refractivity contribution in [2.45, 2.75) is 19.9 Å². The zero-order valence-electron chi connectivity index (χ0n) is 10.8. The highest BCUT2D eigenvalue weighted by molar-refractivity contribution is 7.17. The van der Waals surface area contributed by atoms with Crippen molar-refractivity contribution in [2.24, 2.45) is 0 Å². The molecule has 0 bridgehead atoms. The highest BCUT2D eigenvalue weighted by atomic mass is 32.1. The molecule has 2 aromatic heterocycles. The molecule has 0 saturated carbocycles. The second-order valence-electron chi connectivity index (χ2n) is 4.44. The van der Waals surface area contributed by atoms with Crippen molar-refractivity contribution in [1.82, 2.24) is 10.3 Å². The van der Waals surface area contributed by atoms with Crippen molar-refractivity contribution in [2.75, 3.05) is 6.54 Å². The van der Waals surface area contributed by atoms with E-state index in [2.05, 4.69) is 46.9 Å². The van der Waals surface area contributed by atoms with Crippen LogP contribution in [-0.2, 0) is 6.54 Å². The van der Waals surface area contributed by atoms with Gasteiger partial charge in [-0.05, 0) is 19.0 Å². The summed E-state index contributed by atoms with van der Waals surface area (Å²) in [6.07, 6.45) is 2.93. The molecule has 0 unspecified atom stereocenters. The van der Waals surface area contributed by atoms with Crippen LogP contribution in [0.15, 0.2) is 40.3 Å². The number of fused-ring (bicyclic) bond motifs is 1. The van der Waals surface area contributed by atoms with E-state index in [0.29, 0.717) is 6.54 Å². The number of thiophene rings is 1. The van der Waals surface area contributed by atoms with Crippen LogP contribution in [0, 0.1) is 0 Å². The SMILES string of the molecule is CCCNCc1ncc(-c2csc3ccccc23)o1. The molecule has 2 heterocycles. The largest absolute Gasteiger partial charge is 0.439 e. The average Bonchev–Trinajstić information content (AvgIpc) is 3.05. The van der Waals surface area contributed by atoms with Crippen molar-refractivity contribution >= 4 is 21.4 Å². The van der Waals surface area contributed by atoms with Crippen molar-refractivity contribution in [3.05, 3.63) is 41.7 Å². The molecule has 4 heteroatoms. The summed E-state index contributed by atoms with van der Waals surface area (Å²) in [7, 11) is 0. The van der Waals surface area contributed by atoms with E-state index in [-0.39, 0.29) is 0 Å². The van der Waals surface area contributed by atoms with Crippen LogP contribution in [0.25, 0.3) is 21.4 Å². The molecule has 3 nitrogen and oxygen atoms in total. The van der Waals surface area contributed by atoms with Crippen LogP contribution in [0.3, 0.4) is 0 Å². The molecule has 3 rings (SSSR count). The van der Waals surface area contributed by atoms with Gasteiger partial charge in [0.2, 0.25) is 5.89 Å². The fourth-order valence-corrected chi connectivity index (χ4v) is 3.01. The maximum atomic E-state index is 5.82. The molecule has 0 amide bonds. The molecular formula is C15H16N2OS. The van der Waals surface area contributed by atoms with Gasteiger partial charge >= 0.3 is 0 Å². The Hall–Kier alpha value is -1.65. The average molecular weight is 272 g/mol. The van der Waals surface area contributed by atoms with Crippen LogP contribution < -0.4 is 5.32 Å². The standard InChI is InChI=1S/C15H16N2OS/c1-2-7-16-9-15-17-8-13(18-15)12-10-19-14-6-4-3-5-11(12)14/h3-6,8,10,16H,2,7,9H2,1H3. The first-order valence-corrected chi connectivity index (χ1v) is 7.38. The lowest BCUT2D eigenvalue weighted by atomic mass is 10.1. The minimum absolute atomic E-state index is 0.690. The van der Waals surface area contributed by atoms with Crippen LogP contribution >= 0.6 is 11.3 Å². The third kappa shape index (κ3) is 2.55. The molecular weight excluding hydrogens is 256 g/mol. The summed E-state index contributed by atoms with van der Waals surface area (Å²) >= 11 is 1.74. The summed E-state index contributed by atoms with van der Waals surface area (Å²) in [5.41, 5.74) is 1.13. The van der Waals surface area contributed by atoms with E-state index < -0.39 is 0 Å². The van der Waals surface area contributed by atoms with Crippen LogP contribution in [0.2, 0.25) is 0 Å². The van der Waals surface area contributed by atoms with Crippen LogP contribution in [0.5, 0.6) is 0 Å². The van der Waals surface area contributed by atoms with Crippen LogP contribution in [-0.4, -0.2) is 11.5 Å². The Morgan fingerprint density at radius 1 is 1.32 bits per heavy atom. The number of nitrogens with one attached hydrogen (secondary N) is 1. The predicted molar refractivity (Wildman–Crippen MR) is 79.3 cm³/mol. The quantitative estimate of drug-likeness (QED) is 0.712. The van der Waals surface area contributed by atoms with Gasteiger partial charge in [0.15, 0.2) is 5.76 Å². The molecule has 0 aliphatic rings. The number of oxazole rings is 1. The number of benzene rings is 1. The van der Waals surface area contributed by atoms with Gasteiger partial charge in [0.05, 0.1) is 12.7 Å². The Bertz CT molecular complexity index is 671. The fraction of sp³-hybridized carbons (Fsp3) is 0.267. The minimum atomic E-state index is 0.690. The summed E-state index contributed by atoms with van der Waals surface area (Å²) in [6.45, 7) is 3.82. The number of aromatic nitrogens is 1. The van der Waals surface area contributed by atoms with Gasteiger partial charge in [0.25, 0.3) is 0 Å². The van der Waals surface area contributed by atoms with Crippen LogP contribution in [0.4, 0.5) is 0 Å². The summed E-state index contributed by atoms with van der Waals surface area (Å²) in [4.78, 5) is 4.33. The Kier molecular flexibility index (Phi) is 3.62. The second kappa shape index (κ2) is 5.55. The van der Waals surface area contributed by atoms with Crippen molar-refractivity contribution in [1.29, 1.82) is 0 Å². The highest BCUT2D eigenvalue weighted by Crippen LogP contribution is 2.33. The molecule has 0 atom stereocenters. The number of hydrogen-bond donors (Lipinski definition) is 1. The van der Waals surface area contributed by atoms with Crippen molar-refractivity contribution in [3.63, 3.8) is 0 Å². The summed E-state index contributed by atoms with van der Waals surface area (Å²) < 4.78 is 7.09. The van der Waals surface area contributed by atoms with Crippen molar-refractivity contribution < 1.29 is 4.42 Å². The Morgan fingerprint density at radius 2 is 2.21 bits per heavy atom. The molecule has 0 aliphatic carbocycles. The van der Waals surface area contributed by atoms with Gasteiger partial charge in [0, 0.05) is 21.0 Å². The predicted octanol–water partition coefficient (Wildman–Crippen LogP) is 4.06. The fourth-order valence-electron chi connectivity index (χ4n) is 2.06. The molecule has 0 aliphatic heterocycles. The zero-order chi connectivity index (χ0) is 13.1. The monoisotopic (exact) mass is 272 g/mol. The molecule has 0 spiro atoms. The summed E-state index contributed by atoms with van der Waals surface area (Å²) in [5.74, 6) is 1.60. The van der Waals surface area contributed by atoms with Gasteiger partial charge in [-0.1, -0.05) is 25.1 Å². The lowest BCUT2D eigenvalue weighted by molar-refractivity contribution is 0.478. The normalized spacial score (nSPS) is 11.2. The summed E-state index contributed by atoms with van der Waals surface area (Å²) in [6, 6.07) is 8.37. The van der Waals surface area contributed by atoms with Gasteiger partial charge in [-0.3, -0.25) is 0 Å². The maximum absolute atomic E-state index is 5.82. The third-order valence-corrected chi connectivity index (χ3v) is 3.97. The molecule has 1 aromatic carbocycles. The van der Waals surface area contributed by atoms with E-state index >= 15 is 0 Å². The number of nitrogens with zero attached hydrogens (tertiary/aromatic N) is 1. The molecule has 0 radical (unpaired) electrons. The van der Waals surface area contributed by atoms with Crippen molar-refractivity contribution in [3.8, 4) is 11.3 Å². The van der Waals surface area contributed by atoms with Gasteiger partial charge in [-0.25, -0.2) is 4.98 Å². The van der Waals surface area contributed by atoms with E-state index in [0.717, 1.165) is 30.2 Å². The zero-order valence-corrected chi connectivity index (χ0v) is 11.7. The Balaban J connectivity index is 1.86. The molecule has 19 heavy (non-hydrogen) atoms. The highest BCUT2D eigenvalue weighted by Gasteiger charge is 2.10. The molecule has 0 saturated heterocycles. The van der Waals surface area contributed by atoms with Crippen LogP contribution in [0.1, 0.15) is 19.2 Å². The Morgan fingerprint density at radius 3 is 3.11 bits per heavy atom. The summed E-state index contributed by atoms with van der Waals surface area (Å²) in [5, 5.41) is 6.66. The van der Waals surface area contributed by atoms with Gasteiger partial charge in [-0.2, -0.15) is 0 Å². The van der Waals surface area contributed by atoms with Gasteiger partial charge in [-0.15, -0.1) is 11.3 Å².